The molecule has 2 aromatic rings. The molecule has 8 heteroatoms. The van der Waals surface area contributed by atoms with Crippen molar-refractivity contribution in [2.75, 3.05) is 39.0 Å². The van der Waals surface area contributed by atoms with Gasteiger partial charge in [-0.25, -0.2) is 15.0 Å². The van der Waals surface area contributed by atoms with Gasteiger partial charge in [0.2, 0.25) is 17.7 Å². The van der Waals surface area contributed by atoms with Crippen molar-refractivity contribution in [2.24, 2.45) is 0 Å². The lowest BCUT2D eigenvalue weighted by Gasteiger charge is -2.32. The van der Waals surface area contributed by atoms with E-state index >= 15 is 0 Å². The van der Waals surface area contributed by atoms with Crippen LogP contribution in [0.15, 0.2) is 12.4 Å². The van der Waals surface area contributed by atoms with Crippen molar-refractivity contribution in [3.05, 3.63) is 18.0 Å². The average Bonchev–Trinajstić information content (AvgIpc) is 2.86. The maximum atomic E-state index is 12.0. The number of likely N-dealkylation sites (N-methyl/N-ethyl adjacent to an activating group) is 1. The molecule has 8 nitrogen and oxygen atoms in total. The lowest BCUT2D eigenvalue weighted by Crippen LogP contribution is -2.43. The van der Waals surface area contributed by atoms with Gasteiger partial charge in [0.1, 0.15) is 6.10 Å². The van der Waals surface area contributed by atoms with Gasteiger partial charge in [-0.1, -0.05) is 32.6 Å². The third kappa shape index (κ3) is 6.60. The number of anilines is 1. The second-order valence-electron chi connectivity index (χ2n) is 10.5. The molecule has 2 aliphatic rings. The molecule has 35 heavy (non-hydrogen) atoms. The molecule has 1 saturated heterocycles. The average molecular weight is 483 g/mol. The zero-order chi connectivity index (χ0) is 24.8. The van der Waals surface area contributed by atoms with E-state index in [2.05, 4.69) is 29.0 Å². The molecule has 1 saturated carbocycles. The van der Waals surface area contributed by atoms with Gasteiger partial charge in [0.15, 0.2) is 0 Å². The summed E-state index contributed by atoms with van der Waals surface area (Å²) in [6.07, 6.45) is 14.2. The van der Waals surface area contributed by atoms with Crippen LogP contribution in [0.2, 0.25) is 0 Å². The summed E-state index contributed by atoms with van der Waals surface area (Å²) in [6.45, 7) is 6.54. The first kappa shape index (κ1) is 25.6. The summed E-state index contributed by atoms with van der Waals surface area (Å²) in [5.74, 6) is 1.97. The number of pyridine rings is 1. The van der Waals surface area contributed by atoms with E-state index in [0.717, 1.165) is 49.7 Å². The summed E-state index contributed by atoms with van der Waals surface area (Å²) in [4.78, 5) is 30.3. The van der Waals surface area contributed by atoms with Crippen molar-refractivity contribution in [2.45, 2.75) is 89.7 Å². The summed E-state index contributed by atoms with van der Waals surface area (Å²) in [6, 6.07) is 0.331. The molecule has 0 bridgehead atoms. The maximum Gasteiger partial charge on any atom is 0.236 e. The second kappa shape index (κ2) is 12.0. The number of hydrogen-bond acceptors (Lipinski definition) is 7. The zero-order valence-corrected chi connectivity index (χ0v) is 21.9. The summed E-state index contributed by atoms with van der Waals surface area (Å²) >= 11 is 0. The van der Waals surface area contributed by atoms with Crippen LogP contribution < -0.4 is 10.1 Å². The summed E-state index contributed by atoms with van der Waals surface area (Å²) in [5.41, 5.74) is 2.22. The Bertz CT molecular complexity index is 983. The van der Waals surface area contributed by atoms with Crippen LogP contribution in [0.25, 0.3) is 10.9 Å². The lowest BCUT2D eigenvalue weighted by molar-refractivity contribution is -0.130. The van der Waals surface area contributed by atoms with Crippen LogP contribution in [0.5, 0.6) is 5.88 Å². The third-order valence-electron chi connectivity index (χ3n) is 7.43. The Hall–Kier alpha value is -2.48. The van der Waals surface area contributed by atoms with Crippen LogP contribution >= 0.6 is 0 Å². The number of rotatable bonds is 9. The number of hydrogen-bond donors (Lipinski definition) is 1. The Morgan fingerprint density at radius 3 is 2.57 bits per heavy atom. The SMILES string of the molecule is CCCC(C)Nc1ncc2c(OC3CCN(CC(=O)N(C)C)CC3)ncc(C3CCCCC3)c2n1. The Morgan fingerprint density at radius 1 is 1.14 bits per heavy atom. The summed E-state index contributed by atoms with van der Waals surface area (Å²) in [7, 11) is 3.61. The van der Waals surface area contributed by atoms with Crippen molar-refractivity contribution >= 4 is 22.8 Å². The predicted octanol–water partition coefficient (Wildman–Crippen LogP) is 4.60. The van der Waals surface area contributed by atoms with E-state index < -0.39 is 0 Å². The number of amides is 1. The Balaban J connectivity index is 1.52. The molecular weight excluding hydrogens is 440 g/mol. The Labute approximate surface area is 209 Å². The molecule has 2 aromatic heterocycles. The molecule has 1 N–H and O–H groups in total. The quantitative estimate of drug-likeness (QED) is 0.559. The number of nitrogens with zero attached hydrogens (tertiary/aromatic N) is 5. The molecule has 1 amide bonds. The Kier molecular flexibility index (Phi) is 8.76. The third-order valence-corrected chi connectivity index (χ3v) is 7.43. The molecule has 192 valence electrons. The number of ether oxygens (including phenoxy) is 1. The number of fused-ring (bicyclic) bond motifs is 1. The fourth-order valence-corrected chi connectivity index (χ4v) is 5.29. The number of carbonyl (C=O) groups excluding carboxylic acids is 1. The molecule has 0 radical (unpaired) electrons. The minimum Gasteiger partial charge on any atom is -0.474 e. The lowest BCUT2D eigenvalue weighted by atomic mass is 9.84. The van der Waals surface area contributed by atoms with Gasteiger partial charge in [-0.3, -0.25) is 9.69 Å². The number of aromatic nitrogens is 3. The van der Waals surface area contributed by atoms with Gasteiger partial charge in [-0.05, 0) is 44.9 Å². The van der Waals surface area contributed by atoms with Gasteiger partial charge in [-0.2, -0.15) is 0 Å². The highest BCUT2D eigenvalue weighted by atomic mass is 16.5. The minimum atomic E-state index is 0.0827. The van der Waals surface area contributed by atoms with Crippen LogP contribution in [0.4, 0.5) is 5.95 Å². The van der Waals surface area contributed by atoms with E-state index in [4.69, 9.17) is 14.7 Å². The van der Waals surface area contributed by atoms with Gasteiger partial charge >= 0.3 is 0 Å². The minimum absolute atomic E-state index is 0.0827. The molecule has 0 aromatic carbocycles. The number of nitrogens with one attached hydrogen (secondary N) is 1. The van der Waals surface area contributed by atoms with Crippen molar-refractivity contribution in [3.63, 3.8) is 0 Å². The van der Waals surface area contributed by atoms with Gasteiger partial charge < -0.3 is 15.0 Å². The molecule has 3 heterocycles. The van der Waals surface area contributed by atoms with Gasteiger partial charge in [-0.15, -0.1) is 0 Å². The van der Waals surface area contributed by atoms with E-state index in [-0.39, 0.29) is 12.0 Å². The van der Waals surface area contributed by atoms with Crippen LogP contribution in [0.1, 0.15) is 83.1 Å². The number of likely N-dealkylation sites (tertiary alicyclic amines) is 1. The zero-order valence-electron chi connectivity index (χ0n) is 21.9. The molecule has 1 unspecified atom stereocenters. The van der Waals surface area contributed by atoms with E-state index in [1.54, 1.807) is 19.0 Å². The monoisotopic (exact) mass is 482 g/mol. The van der Waals surface area contributed by atoms with Crippen LogP contribution in [-0.2, 0) is 4.79 Å². The van der Waals surface area contributed by atoms with Crippen LogP contribution in [-0.4, -0.2) is 76.5 Å². The molecule has 1 atom stereocenters. The van der Waals surface area contributed by atoms with Crippen LogP contribution in [0.3, 0.4) is 0 Å². The van der Waals surface area contributed by atoms with Crippen molar-refractivity contribution in [3.8, 4) is 5.88 Å². The van der Waals surface area contributed by atoms with Gasteiger partial charge in [0.05, 0.1) is 17.4 Å². The van der Waals surface area contributed by atoms with E-state index in [9.17, 15) is 4.79 Å². The number of piperidine rings is 1. The molecule has 2 fully saturated rings. The smallest absolute Gasteiger partial charge is 0.236 e. The van der Waals surface area contributed by atoms with Gasteiger partial charge in [0, 0.05) is 51.2 Å². The first-order chi connectivity index (χ1) is 16.9. The van der Waals surface area contributed by atoms with Crippen LogP contribution in [0, 0.1) is 0 Å². The molecular formula is C27H42N6O2. The van der Waals surface area contributed by atoms with Crippen molar-refractivity contribution in [1.82, 2.24) is 24.8 Å². The molecule has 4 rings (SSSR count). The normalized spacial score (nSPS) is 19.0. The molecule has 0 spiro atoms. The number of carbonyl (C=O) groups is 1. The van der Waals surface area contributed by atoms with Gasteiger partial charge in [0.25, 0.3) is 0 Å². The first-order valence-electron chi connectivity index (χ1n) is 13.5. The van der Waals surface area contributed by atoms with Crippen molar-refractivity contribution < 1.29 is 9.53 Å². The summed E-state index contributed by atoms with van der Waals surface area (Å²) < 4.78 is 6.44. The molecule has 1 aliphatic carbocycles. The highest BCUT2D eigenvalue weighted by molar-refractivity contribution is 5.86. The van der Waals surface area contributed by atoms with E-state index in [1.165, 1.54) is 37.7 Å². The fraction of sp³-hybridized carbons (Fsp3) is 0.704. The standard InChI is InChI=1S/C27H42N6O2/c1-5-9-19(2)30-27-29-17-23-25(31-27)22(20-10-7-6-8-11-20)16-28-26(23)35-21-12-14-33(15-13-21)18-24(34)32(3)4/h16-17,19-21H,5-15,18H2,1-4H3,(H,29,30,31). The highest BCUT2D eigenvalue weighted by Gasteiger charge is 2.26. The van der Waals surface area contributed by atoms with E-state index in [0.29, 0.717) is 30.3 Å². The largest absolute Gasteiger partial charge is 0.474 e. The topological polar surface area (TPSA) is 83.5 Å². The maximum absolute atomic E-state index is 12.0. The Morgan fingerprint density at radius 2 is 1.89 bits per heavy atom. The predicted molar refractivity (Wildman–Crippen MR) is 140 cm³/mol. The summed E-state index contributed by atoms with van der Waals surface area (Å²) in [5, 5.41) is 4.38. The highest BCUT2D eigenvalue weighted by Crippen LogP contribution is 2.38. The second-order valence-corrected chi connectivity index (χ2v) is 10.5. The first-order valence-corrected chi connectivity index (χ1v) is 13.5. The van der Waals surface area contributed by atoms with E-state index in [1.807, 2.05) is 12.4 Å². The molecule has 1 aliphatic heterocycles. The van der Waals surface area contributed by atoms with Crippen molar-refractivity contribution in [1.29, 1.82) is 0 Å². The fourth-order valence-electron chi connectivity index (χ4n) is 5.29.